The van der Waals surface area contributed by atoms with Crippen molar-refractivity contribution in [3.63, 3.8) is 0 Å². The van der Waals surface area contributed by atoms with Crippen LogP contribution in [0.5, 0.6) is 0 Å². The van der Waals surface area contributed by atoms with Crippen molar-refractivity contribution in [3.05, 3.63) is 30.3 Å². The van der Waals surface area contributed by atoms with E-state index in [1.54, 1.807) is 35.2 Å². The zero-order chi connectivity index (χ0) is 15.3. The van der Waals surface area contributed by atoms with Gasteiger partial charge in [-0.25, -0.2) is 8.42 Å². The monoisotopic (exact) mass is 311 g/mol. The zero-order valence-corrected chi connectivity index (χ0v) is 12.8. The Kier molecular flexibility index (Phi) is 5.36. The Labute approximate surface area is 125 Å². The number of carbonyl (C=O) groups excluding carboxylic acids is 1. The van der Waals surface area contributed by atoms with Gasteiger partial charge >= 0.3 is 0 Å². The summed E-state index contributed by atoms with van der Waals surface area (Å²) in [6.45, 7) is 1.43. The minimum Gasteiger partial charge on any atom is -0.396 e. The molecule has 1 saturated heterocycles. The van der Waals surface area contributed by atoms with Crippen LogP contribution in [0, 0.1) is 5.92 Å². The fraction of sp³-hybridized carbons (Fsp3) is 0.533. The lowest BCUT2D eigenvalue weighted by molar-refractivity contribution is -0.129. The smallest absolute Gasteiger partial charge is 0.223 e. The van der Waals surface area contributed by atoms with Crippen LogP contribution in [0.3, 0.4) is 0 Å². The van der Waals surface area contributed by atoms with Gasteiger partial charge in [0, 0.05) is 26.1 Å². The van der Waals surface area contributed by atoms with E-state index in [2.05, 4.69) is 0 Å². The molecule has 1 atom stereocenters. The number of hydrogen-bond donors (Lipinski definition) is 1. The van der Waals surface area contributed by atoms with Crippen molar-refractivity contribution in [1.29, 1.82) is 0 Å². The average molecular weight is 311 g/mol. The first-order valence-corrected chi connectivity index (χ1v) is 8.84. The van der Waals surface area contributed by atoms with Gasteiger partial charge in [-0.3, -0.25) is 4.79 Å². The SMILES string of the molecule is O=C(CCS(=O)(=O)c1ccccc1)N1CCC(CCO)C1. The van der Waals surface area contributed by atoms with Gasteiger partial charge in [0.1, 0.15) is 0 Å². The van der Waals surface area contributed by atoms with Gasteiger partial charge in [-0.15, -0.1) is 0 Å². The van der Waals surface area contributed by atoms with Gasteiger partial charge in [0.2, 0.25) is 5.91 Å². The van der Waals surface area contributed by atoms with Gasteiger partial charge in [-0.1, -0.05) is 18.2 Å². The summed E-state index contributed by atoms with van der Waals surface area (Å²) in [5, 5.41) is 8.90. The number of benzene rings is 1. The second kappa shape index (κ2) is 7.04. The van der Waals surface area contributed by atoms with Gasteiger partial charge in [-0.05, 0) is 30.9 Å². The quantitative estimate of drug-likeness (QED) is 0.853. The summed E-state index contributed by atoms with van der Waals surface area (Å²) in [7, 11) is -3.40. The summed E-state index contributed by atoms with van der Waals surface area (Å²) in [5.41, 5.74) is 0. The lowest BCUT2D eigenvalue weighted by atomic mass is 10.1. The predicted octanol–water partition coefficient (Wildman–Crippen LogP) is 1.08. The Morgan fingerprint density at radius 3 is 2.67 bits per heavy atom. The molecule has 0 aromatic heterocycles. The van der Waals surface area contributed by atoms with E-state index in [9.17, 15) is 13.2 Å². The number of rotatable bonds is 6. The van der Waals surface area contributed by atoms with Gasteiger partial charge < -0.3 is 10.0 Å². The third-order valence-corrected chi connectivity index (χ3v) is 5.59. The lowest BCUT2D eigenvalue weighted by Crippen LogP contribution is -2.30. The minimum atomic E-state index is -3.40. The summed E-state index contributed by atoms with van der Waals surface area (Å²) >= 11 is 0. The summed E-state index contributed by atoms with van der Waals surface area (Å²) in [6, 6.07) is 8.21. The fourth-order valence-electron chi connectivity index (χ4n) is 2.60. The summed E-state index contributed by atoms with van der Waals surface area (Å²) in [4.78, 5) is 14.0. The molecule has 0 spiro atoms. The van der Waals surface area contributed by atoms with E-state index in [4.69, 9.17) is 5.11 Å². The van der Waals surface area contributed by atoms with Crippen molar-refractivity contribution in [2.45, 2.75) is 24.2 Å². The Morgan fingerprint density at radius 2 is 2.00 bits per heavy atom. The van der Waals surface area contributed by atoms with Crippen molar-refractivity contribution < 1.29 is 18.3 Å². The van der Waals surface area contributed by atoms with Crippen molar-refractivity contribution >= 4 is 15.7 Å². The molecule has 21 heavy (non-hydrogen) atoms. The standard InChI is InChI=1S/C15H21NO4S/c17-10-7-13-6-9-16(12-13)15(18)8-11-21(19,20)14-4-2-1-3-5-14/h1-5,13,17H,6-12H2. The van der Waals surface area contributed by atoms with Crippen LogP contribution >= 0.6 is 0 Å². The molecule has 1 amide bonds. The summed E-state index contributed by atoms with van der Waals surface area (Å²) < 4.78 is 24.2. The summed E-state index contributed by atoms with van der Waals surface area (Å²) in [5.74, 6) is 0.0661. The number of nitrogens with zero attached hydrogens (tertiary/aromatic N) is 1. The Hall–Kier alpha value is -1.40. The van der Waals surface area contributed by atoms with E-state index < -0.39 is 9.84 Å². The fourth-order valence-corrected chi connectivity index (χ4v) is 3.85. The molecule has 0 saturated carbocycles. The molecule has 2 rings (SSSR count). The maximum atomic E-state index is 12.1. The van der Waals surface area contributed by atoms with Crippen LogP contribution < -0.4 is 0 Å². The number of likely N-dealkylation sites (tertiary alicyclic amines) is 1. The number of aliphatic hydroxyl groups excluding tert-OH is 1. The van der Waals surface area contributed by atoms with Crippen LogP contribution in [0.2, 0.25) is 0 Å². The minimum absolute atomic E-state index is 0.0169. The first-order valence-electron chi connectivity index (χ1n) is 7.19. The van der Waals surface area contributed by atoms with E-state index in [0.717, 1.165) is 6.42 Å². The van der Waals surface area contributed by atoms with Gasteiger partial charge in [0.15, 0.2) is 9.84 Å². The molecule has 1 aromatic rings. The molecule has 6 heteroatoms. The average Bonchev–Trinajstić information content (AvgIpc) is 2.95. The van der Waals surface area contributed by atoms with E-state index in [-0.39, 0.29) is 29.6 Å². The highest BCUT2D eigenvalue weighted by Gasteiger charge is 2.26. The molecule has 1 unspecified atom stereocenters. The third kappa shape index (κ3) is 4.28. The van der Waals surface area contributed by atoms with Crippen LogP contribution in [0.15, 0.2) is 35.2 Å². The number of amides is 1. The van der Waals surface area contributed by atoms with Crippen LogP contribution in [-0.4, -0.2) is 49.8 Å². The normalized spacial score (nSPS) is 18.9. The molecule has 116 valence electrons. The number of hydrogen-bond acceptors (Lipinski definition) is 4. The van der Waals surface area contributed by atoms with Gasteiger partial charge in [0.05, 0.1) is 10.6 Å². The number of sulfone groups is 1. The highest BCUT2D eigenvalue weighted by Crippen LogP contribution is 2.20. The largest absolute Gasteiger partial charge is 0.396 e. The molecule has 0 aliphatic carbocycles. The lowest BCUT2D eigenvalue weighted by Gasteiger charge is -2.16. The first kappa shape index (κ1) is 16.0. The van der Waals surface area contributed by atoms with E-state index in [0.29, 0.717) is 25.4 Å². The Balaban J connectivity index is 1.87. The number of carbonyl (C=O) groups is 1. The van der Waals surface area contributed by atoms with Crippen LogP contribution in [0.25, 0.3) is 0 Å². The molecule has 1 N–H and O–H groups in total. The van der Waals surface area contributed by atoms with Crippen molar-refractivity contribution in [2.24, 2.45) is 5.92 Å². The third-order valence-electron chi connectivity index (χ3n) is 3.86. The van der Waals surface area contributed by atoms with Crippen LogP contribution in [0.1, 0.15) is 19.3 Å². The molecular formula is C15H21NO4S. The molecule has 1 fully saturated rings. The molecule has 1 aromatic carbocycles. The summed E-state index contributed by atoms with van der Waals surface area (Å²) in [6.07, 6.45) is 1.60. The van der Waals surface area contributed by atoms with Gasteiger partial charge in [-0.2, -0.15) is 0 Å². The van der Waals surface area contributed by atoms with Gasteiger partial charge in [0.25, 0.3) is 0 Å². The topological polar surface area (TPSA) is 74.7 Å². The molecule has 1 aliphatic heterocycles. The Bertz CT molecular complexity index is 571. The predicted molar refractivity (Wildman–Crippen MR) is 79.5 cm³/mol. The number of aliphatic hydroxyl groups is 1. The highest BCUT2D eigenvalue weighted by atomic mass is 32.2. The van der Waals surface area contributed by atoms with Crippen molar-refractivity contribution in [2.75, 3.05) is 25.4 Å². The Morgan fingerprint density at radius 1 is 1.29 bits per heavy atom. The van der Waals surface area contributed by atoms with E-state index in [1.165, 1.54) is 0 Å². The highest BCUT2D eigenvalue weighted by molar-refractivity contribution is 7.91. The van der Waals surface area contributed by atoms with E-state index >= 15 is 0 Å². The second-order valence-corrected chi connectivity index (χ2v) is 7.50. The van der Waals surface area contributed by atoms with Crippen molar-refractivity contribution in [3.8, 4) is 0 Å². The molecule has 0 radical (unpaired) electrons. The molecule has 5 nitrogen and oxygen atoms in total. The molecule has 1 heterocycles. The molecular weight excluding hydrogens is 290 g/mol. The zero-order valence-electron chi connectivity index (χ0n) is 11.9. The van der Waals surface area contributed by atoms with E-state index in [1.807, 2.05) is 0 Å². The molecule has 0 bridgehead atoms. The van der Waals surface area contributed by atoms with Crippen LogP contribution in [0.4, 0.5) is 0 Å². The molecule has 1 aliphatic rings. The van der Waals surface area contributed by atoms with Crippen molar-refractivity contribution in [1.82, 2.24) is 4.90 Å². The maximum Gasteiger partial charge on any atom is 0.223 e. The first-order chi connectivity index (χ1) is 10.0. The van der Waals surface area contributed by atoms with Crippen LogP contribution in [-0.2, 0) is 14.6 Å². The second-order valence-electron chi connectivity index (χ2n) is 5.39. The maximum absolute atomic E-state index is 12.1.